The lowest BCUT2D eigenvalue weighted by atomic mass is 10.1. The summed E-state index contributed by atoms with van der Waals surface area (Å²) in [5.74, 6) is 0.642. The first-order valence-corrected chi connectivity index (χ1v) is 11.9. The van der Waals surface area contributed by atoms with Gasteiger partial charge in [0.2, 0.25) is 0 Å². The van der Waals surface area contributed by atoms with E-state index in [1.54, 1.807) is 25.1 Å². The van der Waals surface area contributed by atoms with E-state index in [0.29, 0.717) is 5.56 Å². The van der Waals surface area contributed by atoms with Crippen molar-refractivity contribution in [3.05, 3.63) is 108 Å². The van der Waals surface area contributed by atoms with Gasteiger partial charge in [-0.3, -0.25) is 19.9 Å². The molecule has 0 aromatic heterocycles. The van der Waals surface area contributed by atoms with E-state index >= 15 is 0 Å². The number of benzene rings is 3. The molecule has 1 amide bonds. The number of pyridine rings is 1. The number of hydrogen-bond donors (Lipinski definition) is 2. The summed E-state index contributed by atoms with van der Waals surface area (Å²) in [6, 6.07) is 27.2. The maximum Gasteiger partial charge on any atom is 0.255 e. The molecule has 0 saturated carbocycles. The average molecular weight is 481 g/mol. The van der Waals surface area contributed by atoms with Crippen LogP contribution in [0.25, 0.3) is 11.4 Å². The Kier molecular flexibility index (Phi) is 6.41. The van der Waals surface area contributed by atoms with Gasteiger partial charge in [-0.2, -0.15) is 0 Å². The van der Waals surface area contributed by atoms with Gasteiger partial charge in [0, 0.05) is 33.4 Å². The Morgan fingerprint density at radius 1 is 0.943 bits per heavy atom. The highest BCUT2D eigenvalue weighted by molar-refractivity contribution is 7.99. The monoisotopic (exact) mass is 480 g/mol. The quantitative estimate of drug-likeness (QED) is 0.275. The number of para-hydroxylation sites is 1. The molecule has 2 N–H and O–H groups in total. The van der Waals surface area contributed by atoms with Crippen molar-refractivity contribution in [2.24, 2.45) is 0 Å². The van der Waals surface area contributed by atoms with Crippen molar-refractivity contribution in [1.82, 2.24) is 9.66 Å². The van der Waals surface area contributed by atoms with Crippen LogP contribution in [0.3, 0.4) is 0 Å². The molecule has 5 rings (SSSR count). The number of methoxy groups -OCH3 is 1. The Hall–Kier alpha value is -4.23. The Morgan fingerprint density at radius 2 is 1.77 bits per heavy atom. The highest BCUT2D eigenvalue weighted by Crippen LogP contribution is 2.36. The third kappa shape index (κ3) is 5.00. The van der Waals surface area contributed by atoms with E-state index in [2.05, 4.69) is 15.7 Å². The van der Waals surface area contributed by atoms with Crippen LogP contribution >= 0.6 is 11.8 Å². The highest BCUT2D eigenvalue weighted by Gasteiger charge is 2.14. The summed E-state index contributed by atoms with van der Waals surface area (Å²) in [4.78, 5) is 19.5. The first-order chi connectivity index (χ1) is 17.1. The molecule has 6 nitrogen and oxygen atoms in total. The van der Waals surface area contributed by atoms with Crippen molar-refractivity contribution in [1.29, 1.82) is 0 Å². The SMILES string of the molecule is COc1ccc(Sc2ccc(C(=O)Nc3ccccc3C)cc2Nn2cccc3nccc2-3)cc1. The number of carbonyl (C=O) groups excluding carboxylic acids is 1. The molecule has 0 fully saturated rings. The Morgan fingerprint density at radius 3 is 2.57 bits per heavy atom. The van der Waals surface area contributed by atoms with Gasteiger partial charge in [-0.05, 0) is 79.2 Å². The summed E-state index contributed by atoms with van der Waals surface area (Å²) in [5, 5.41) is 3.02. The molecule has 2 aliphatic rings. The predicted octanol–water partition coefficient (Wildman–Crippen LogP) is 6.58. The van der Waals surface area contributed by atoms with E-state index in [1.165, 1.54) is 0 Å². The third-order valence-corrected chi connectivity index (χ3v) is 6.70. The summed E-state index contributed by atoms with van der Waals surface area (Å²) in [7, 11) is 1.65. The number of aryl methyl sites for hydroxylation is 1. The number of fused-ring (bicyclic) bond motifs is 1. The van der Waals surface area contributed by atoms with Gasteiger partial charge in [0.25, 0.3) is 5.91 Å². The zero-order valence-electron chi connectivity index (χ0n) is 19.4. The van der Waals surface area contributed by atoms with Crippen LogP contribution in [0.5, 0.6) is 5.75 Å². The number of ether oxygens (including phenoxy) is 1. The number of anilines is 2. The van der Waals surface area contributed by atoms with Crippen molar-refractivity contribution in [2.75, 3.05) is 17.9 Å². The molecule has 7 heteroatoms. The first-order valence-electron chi connectivity index (χ1n) is 11.1. The average Bonchev–Trinajstić information content (AvgIpc) is 3.37. The summed E-state index contributed by atoms with van der Waals surface area (Å²) in [6.07, 6.45) is 3.72. The van der Waals surface area contributed by atoms with Gasteiger partial charge in [0.1, 0.15) is 5.75 Å². The molecular formula is C28H24N4O2S. The number of hydrogen-bond acceptors (Lipinski definition) is 5. The number of nitrogens with one attached hydrogen (secondary N) is 2. The number of rotatable bonds is 7. The van der Waals surface area contributed by atoms with Crippen LogP contribution in [0.15, 0.2) is 107 Å². The van der Waals surface area contributed by atoms with Gasteiger partial charge >= 0.3 is 0 Å². The standard InChI is InChI=1S/C28H24N4O2S/c1-19-6-3-4-7-23(19)30-28(33)20-9-14-27(35-22-12-10-21(34-2)11-13-22)25(18-20)31-32-17-5-8-24-26(32)15-16-29-24/h3-18,31H,1-2H3,(H,30,33). The molecule has 0 unspecified atom stereocenters. The number of nitrogens with zero attached hydrogens (tertiary/aromatic N) is 2. The van der Waals surface area contributed by atoms with Crippen molar-refractivity contribution in [3.63, 3.8) is 0 Å². The van der Waals surface area contributed by atoms with Crippen molar-refractivity contribution in [2.45, 2.75) is 16.7 Å². The summed E-state index contributed by atoms with van der Waals surface area (Å²) >= 11 is 1.61. The zero-order valence-corrected chi connectivity index (χ0v) is 20.2. The molecule has 0 radical (unpaired) electrons. The molecule has 2 aliphatic heterocycles. The fourth-order valence-electron chi connectivity index (χ4n) is 3.73. The second-order valence-electron chi connectivity index (χ2n) is 7.96. The predicted molar refractivity (Wildman–Crippen MR) is 141 cm³/mol. The van der Waals surface area contributed by atoms with Crippen LogP contribution in [-0.2, 0) is 0 Å². The highest BCUT2D eigenvalue weighted by atomic mass is 32.2. The maximum absolute atomic E-state index is 13.1. The van der Waals surface area contributed by atoms with E-state index in [1.807, 2.05) is 103 Å². The number of amides is 1. The van der Waals surface area contributed by atoms with Crippen LogP contribution in [0, 0.1) is 6.92 Å². The van der Waals surface area contributed by atoms with Gasteiger partial charge in [-0.25, -0.2) is 0 Å². The minimum absolute atomic E-state index is 0.165. The molecule has 0 saturated heterocycles. The first kappa shape index (κ1) is 22.6. The fourth-order valence-corrected chi connectivity index (χ4v) is 4.60. The van der Waals surface area contributed by atoms with E-state index in [9.17, 15) is 4.79 Å². The molecule has 0 atom stereocenters. The molecule has 0 spiro atoms. The van der Waals surface area contributed by atoms with Crippen molar-refractivity contribution < 1.29 is 9.53 Å². The molecule has 3 aromatic rings. The normalized spacial score (nSPS) is 10.8. The third-order valence-electron chi connectivity index (χ3n) is 5.62. The van der Waals surface area contributed by atoms with Crippen LogP contribution in [-0.4, -0.2) is 22.7 Å². The van der Waals surface area contributed by atoms with E-state index in [0.717, 1.165) is 43.9 Å². The van der Waals surface area contributed by atoms with Gasteiger partial charge in [0.15, 0.2) is 0 Å². The molecule has 174 valence electrons. The Labute approximate surface area is 208 Å². The second-order valence-corrected chi connectivity index (χ2v) is 9.08. The van der Waals surface area contributed by atoms with Crippen molar-refractivity contribution in [3.8, 4) is 17.1 Å². The smallest absolute Gasteiger partial charge is 0.255 e. The molecule has 3 aromatic carbocycles. The minimum Gasteiger partial charge on any atom is -0.497 e. The number of aromatic nitrogens is 2. The molecule has 0 aliphatic carbocycles. The zero-order chi connectivity index (χ0) is 24.2. The lowest BCUT2D eigenvalue weighted by molar-refractivity contribution is 0.102. The van der Waals surface area contributed by atoms with E-state index in [-0.39, 0.29) is 5.91 Å². The Bertz CT molecular complexity index is 1450. The van der Waals surface area contributed by atoms with Crippen LogP contribution in [0.1, 0.15) is 15.9 Å². The van der Waals surface area contributed by atoms with Gasteiger partial charge in [-0.1, -0.05) is 30.0 Å². The fraction of sp³-hybridized carbons (Fsp3) is 0.0714. The van der Waals surface area contributed by atoms with E-state index in [4.69, 9.17) is 4.74 Å². The topological polar surface area (TPSA) is 68.2 Å². The molecule has 35 heavy (non-hydrogen) atoms. The van der Waals surface area contributed by atoms with E-state index < -0.39 is 0 Å². The van der Waals surface area contributed by atoms with Crippen LogP contribution < -0.4 is 15.5 Å². The lowest BCUT2D eigenvalue weighted by Gasteiger charge is -2.18. The van der Waals surface area contributed by atoms with Crippen molar-refractivity contribution >= 4 is 29.0 Å². The van der Waals surface area contributed by atoms with Gasteiger partial charge in [0.05, 0.1) is 24.2 Å². The molecule has 0 bridgehead atoms. The number of carbonyl (C=O) groups is 1. The Balaban J connectivity index is 1.49. The lowest BCUT2D eigenvalue weighted by Crippen LogP contribution is -2.15. The van der Waals surface area contributed by atoms with Gasteiger partial charge in [-0.15, -0.1) is 0 Å². The summed E-state index contributed by atoms with van der Waals surface area (Å²) < 4.78 is 7.19. The summed E-state index contributed by atoms with van der Waals surface area (Å²) in [5.41, 5.74) is 8.47. The largest absolute Gasteiger partial charge is 0.497 e. The maximum atomic E-state index is 13.1. The minimum atomic E-state index is -0.165. The van der Waals surface area contributed by atoms with Crippen LogP contribution in [0.4, 0.5) is 11.4 Å². The second kappa shape index (κ2) is 9.95. The van der Waals surface area contributed by atoms with Crippen LogP contribution in [0.2, 0.25) is 0 Å². The molecule has 2 heterocycles. The summed E-state index contributed by atoms with van der Waals surface area (Å²) in [6.45, 7) is 1.97. The molecular weight excluding hydrogens is 456 g/mol. The van der Waals surface area contributed by atoms with Gasteiger partial charge < -0.3 is 10.1 Å².